The van der Waals surface area contributed by atoms with Crippen LogP contribution in [0.2, 0.25) is 0 Å². The number of nitrogens with two attached hydrogens (primary N) is 2. The molecule has 10 heteroatoms. The molecule has 0 bridgehead atoms. The summed E-state index contributed by atoms with van der Waals surface area (Å²) in [5.41, 5.74) is 8.31. The van der Waals surface area contributed by atoms with E-state index in [4.69, 9.17) is 16.0 Å². The zero-order valence-corrected chi connectivity index (χ0v) is 13.0. The number of primary amides is 1. The number of anilines is 1. The number of nitrogens with one attached hydrogen (secondary N) is 1. The summed E-state index contributed by atoms with van der Waals surface area (Å²) in [5.74, 6) is -1.62. The summed E-state index contributed by atoms with van der Waals surface area (Å²) >= 11 is 0. The molecule has 1 amide bonds. The highest BCUT2D eigenvalue weighted by Gasteiger charge is 2.09. The van der Waals surface area contributed by atoms with E-state index in [1.165, 1.54) is 24.3 Å². The van der Waals surface area contributed by atoms with E-state index in [0.29, 0.717) is 18.5 Å². The molecule has 126 valence electrons. The van der Waals surface area contributed by atoms with Gasteiger partial charge < -0.3 is 10.8 Å². The molecule has 0 aliphatic carbocycles. The van der Waals surface area contributed by atoms with Crippen LogP contribution in [0.4, 0.5) is 5.69 Å². The molecule has 1 aromatic rings. The van der Waals surface area contributed by atoms with E-state index in [-0.39, 0.29) is 23.4 Å². The second-order valence-corrected chi connectivity index (χ2v) is 6.27. The Morgan fingerprint density at radius 3 is 2.17 bits per heavy atom. The van der Waals surface area contributed by atoms with Crippen LogP contribution in [0, 0.1) is 0 Å². The molecule has 0 saturated heterocycles. The van der Waals surface area contributed by atoms with Crippen molar-refractivity contribution in [3.05, 3.63) is 24.3 Å². The van der Waals surface area contributed by atoms with Gasteiger partial charge in [-0.25, -0.2) is 13.6 Å². The molecule has 1 aromatic carbocycles. The first-order valence-corrected chi connectivity index (χ1v) is 8.22. The largest absolute Gasteiger partial charge is 0.481 e. The van der Waals surface area contributed by atoms with Gasteiger partial charge in [-0.2, -0.15) is 5.10 Å². The highest BCUT2D eigenvalue weighted by atomic mass is 32.2. The van der Waals surface area contributed by atoms with Crippen molar-refractivity contribution >= 4 is 33.3 Å². The summed E-state index contributed by atoms with van der Waals surface area (Å²) in [6.07, 6.45) is 1.12. The lowest BCUT2D eigenvalue weighted by Crippen LogP contribution is -2.24. The number of hydrazone groups is 1. The average molecular weight is 342 g/mol. The number of carbonyl (C=O) groups excluding carboxylic acids is 1. The second-order valence-electron chi connectivity index (χ2n) is 4.70. The first-order valence-electron chi connectivity index (χ1n) is 6.67. The lowest BCUT2D eigenvalue weighted by atomic mass is 10.1. The summed E-state index contributed by atoms with van der Waals surface area (Å²) in [5, 5.41) is 17.4. The first kappa shape index (κ1) is 18.6. The topological polar surface area (TPSA) is 165 Å². The van der Waals surface area contributed by atoms with Crippen molar-refractivity contribution in [2.75, 3.05) is 5.43 Å². The predicted octanol–water partition coefficient (Wildman–Crippen LogP) is 0.232. The minimum Gasteiger partial charge on any atom is -0.481 e. The molecule has 0 aliphatic heterocycles. The van der Waals surface area contributed by atoms with E-state index in [9.17, 15) is 18.0 Å². The maximum atomic E-state index is 11.3. The zero-order valence-electron chi connectivity index (χ0n) is 12.2. The van der Waals surface area contributed by atoms with Gasteiger partial charge in [-0.3, -0.25) is 15.0 Å². The fraction of sp³-hybridized carbons (Fsp3) is 0.308. The van der Waals surface area contributed by atoms with Crippen molar-refractivity contribution in [3.8, 4) is 0 Å². The van der Waals surface area contributed by atoms with Gasteiger partial charge in [0.05, 0.1) is 10.6 Å². The van der Waals surface area contributed by atoms with E-state index >= 15 is 0 Å². The zero-order chi connectivity index (χ0) is 17.5. The van der Waals surface area contributed by atoms with Gasteiger partial charge in [-0.1, -0.05) is 0 Å². The van der Waals surface area contributed by atoms with Crippen LogP contribution in [0.1, 0.15) is 25.7 Å². The third-order valence-electron chi connectivity index (χ3n) is 2.84. The van der Waals surface area contributed by atoms with Crippen LogP contribution in [0.3, 0.4) is 0 Å². The van der Waals surface area contributed by atoms with Crippen LogP contribution in [-0.4, -0.2) is 31.1 Å². The number of unbranched alkanes of at least 4 members (excludes halogenated alkanes) is 1. The Morgan fingerprint density at radius 1 is 1.13 bits per heavy atom. The number of sulfonamides is 1. The Morgan fingerprint density at radius 2 is 1.70 bits per heavy atom. The standard InChI is InChI=1S/C13H18N4O5S/c14-13(20)11(3-1-2-4-12(18)19)17-16-9-5-7-10(8-6-9)23(15,21)22/h5-8,16H,1-4H2,(H2,14,20)(H,18,19)(H2,15,21,22). The number of carboxylic acids is 1. The molecule has 0 radical (unpaired) electrons. The molecule has 0 spiro atoms. The van der Waals surface area contributed by atoms with Crippen LogP contribution in [-0.2, 0) is 19.6 Å². The molecule has 1 rings (SSSR count). The van der Waals surface area contributed by atoms with Crippen molar-refractivity contribution < 1.29 is 23.1 Å². The van der Waals surface area contributed by atoms with Crippen LogP contribution in [0.25, 0.3) is 0 Å². The summed E-state index contributed by atoms with van der Waals surface area (Å²) in [6, 6.07) is 5.46. The number of carboxylic acid groups (broad SMARTS) is 1. The summed E-state index contributed by atoms with van der Waals surface area (Å²) < 4.78 is 22.2. The number of primary sulfonamides is 1. The fourth-order valence-electron chi connectivity index (χ4n) is 1.65. The molecule has 0 saturated carbocycles. The fourth-order valence-corrected chi connectivity index (χ4v) is 2.17. The van der Waals surface area contributed by atoms with Gasteiger partial charge >= 0.3 is 5.97 Å². The highest BCUT2D eigenvalue weighted by molar-refractivity contribution is 7.89. The number of hydrogen-bond donors (Lipinski definition) is 4. The Hall–Kier alpha value is -2.46. The SMILES string of the molecule is NC(=O)C(CCCCC(=O)O)=NNc1ccc(S(N)(=O)=O)cc1. The molecule has 0 aromatic heterocycles. The monoisotopic (exact) mass is 342 g/mol. The number of rotatable bonds is 9. The smallest absolute Gasteiger partial charge is 0.303 e. The molecule has 9 nitrogen and oxygen atoms in total. The van der Waals surface area contributed by atoms with Gasteiger partial charge in [0, 0.05) is 6.42 Å². The summed E-state index contributed by atoms with van der Waals surface area (Å²) in [7, 11) is -3.77. The lowest BCUT2D eigenvalue weighted by Gasteiger charge is -2.05. The van der Waals surface area contributed by atoms with E-state index in [1.807, 2.05) is 0 Å². The van der Waals surface area contributed by atoms with Crippen molar-refractivity contribution in [2.24, 2.45) is 16.0 Å². The van der Waals surface area contributed by atoms with Crippen molar-refractivity contribution in [3.63, 3.8) is 0 Å². The van der Waals surface area contributed by atoms with Gasteiger partial charge in [0.25, 0.3) is 5.91 Å². The highest BCUT2D eigenvalue weighted by Crippen LogP contribution is 2.13. The molecular weight excluding hydrogens is 324 g/mol. The van der Waals surface area contributed by atoms with E-state index in [2.05, 4.69) is 10.5 Å². The molecule has 0 fully saturated rings. The van der Waals surface area contributed by atoms with Crippen LogP contribution in [0.15, 0.2) is 34.3 Å². The number of carbonyl (C=O) groups is 2. The third kappa shape index (κ3) is 6.89. The quantitative estimate of drug-likeness (QED) is 0.285. The van der Waals surface area contributed by atoms with Gasteiger partial charge in [-0.05, 0) is 43.5 Å². The van der Waals surface area contributed by atoms with Crippen LogP contribution in [0.5, 0.6) is 0 Å². The first-order chi connectivity index (χ1) is 10.7. The Balaban J connectivity index is 2.66. The molecule has 23 heavy (non-hydrogen) atoms. The normalized spacial score (nSPS) is 12.0. The molecule has 0 heterocycles. The summed E-state index contributed by atoms with van der Waals surface area (Å²) in [4.78, 5) is 21.6. The van der Waals surface area contributed by atoms with E-state index < -0.39 is 21.9 Å². The van der Waals surface area contributed by atoms with Crippen molar-refractivity contribution in [1.29, 1.82) is 0 Å². The second kappa shape index (κ2) is 8.25. The number of hydrogen-bond acceptors (Lipinski definition) is 6. The molecule has 0 aliphatic rings. The van der Waals surface area contributed by atoms with Crippen molar-refractivity contribution in [2.45, 2.75) is 30.6 Å². The molecule has 0 atom stereocenters. The van der Waals surface area contributed by atoms with Gasteiger partial charge in [0.2, 0.25) is 10.0 Å². The minimum atomic E-state index is -3.77. The molecule has 0 unspecified atom stereocenters. The Bertz CT molecular complexity index is 698. The molecule has 6 N–H and O–H groups in total. The van der Waals surface area contributed by atoms with Crippen LogP contribution < -0.4 is 16.3 Å². The number of benzene rings is 1. The number of amides is 1. The van der Waals surface area contributed by atoms with Gasteiger partial charge in [0.15, 0.2) is 0 Å². The van der Waals surface area contributed by atoms with E-state index in [1.54, 1.807) is 0 Å². The minimum absolute atomic E-state index is 0.00843. The number of aliphatic carboxylic acids is 1. The molecular formula is C13H18N4O5S. The van der Waals surface area contributed by atoms with E-state index in [0.717, 1.165) is 0 Å². The van der Waals surface area contributed by atoms with Gasteiger partial charge in [-0.15, -0.1) is 0 Å². The van der Waals surface area contributed by atoms with Crippen LogP contribution >= 0.6 is 0 Å². The maximum Gasteiger partial charge on any atom is 0.303 e. The van der Waals surface area contributed by atoms with Crippen molar-refractivity contribution in [1.82, 2.24) is 0 Å². The maximum absolute atomic E-state index is 11.3. The Kier molecular flexibility index (Phi) is 6.66. The lowest BCUT2D eigenvalue weighted by molar-refractivity contribution is -0.137. The number of nitrogens with zero attached hydrogens (tertiary/aromatic N) is 1. The third-order valence-corrected chi connectivity index (χ3v) is 3.77. The van der Waals surface area contributed by atoms with Gasteiger partial charge in [0.1, 0.15) is 5.71 Å². The summed E-state index contributed by atoms with van der Waals surface area (Å²) in [6.45, 7) is 0. The Labute approximate surface area is 133 Å². The average Bonchev–Trinajstić information content (AvgIpc) is 2.45. The predicted molar refractivity (Wildman–Crippen MR) is 84.2 cm³/mol.